The zero-order valence-electron chi connectivity index (χ0n) is 22.6. The molecule has 1 aliphatic carbocycles. The summed E-state index contributed by atoms with van der Waals surface area (Å²) in [5, 5.41) is 22.6. The Labute approximate surface area is 237 Å². The van der Waals surface area contributed by atoms with Gasteiger partial charge in [0, 0.05) is 41.1 Å². The van der Waals surface area contributed by atoms with Crippen LogP contribution >= 0.6 is 0 Å². The Balaban J connectivity index is 1.33. The first-order chi connectivity index (χ1) is 20.0. The summed E-state index contributed by atoms with van der Waals surface area (Å²) in [7, 11) is 0. The topological polar surface area (TPSA) is 92.0 Å². The third-order valence-electron chi connectivity index (χ3n) is 7.50. The van der Waals surface area contributed by atoms with Crippen LogP contribution in [0.5, 0.6) is 11.5 Å². The number of aryl methyl sites for hydroxylation is 2. The van der Waals surface area contributed by atoms with Crippen LogP contribution in [0.25, 0.3) is 56.4 Å². The second kappa shape index (κ2) is 9.68. The summed E-state index contributed by atoms with van der Waals surface area (Å²) < 4.78 is 0. The van der Waals surface area contributed by atoms with E-state index >= 15 is 0 Å². The van der Waals surface area contributed by atoms with E-state index < -0.39 is 0 Å². The fraction of sp³-hybridized carbons (Fsp3) is 0.0857. The van der Waals surface area contributed by atoms with Crippen molar-refractivity contribution in [3.05, 3.63) is 120 Å². The van der Waals surface area contributed by atoms with Gasteiger partial charge in [-0.15, -0.1) is 0 Å². The number of aromatic hydroxyl groups is 2. The van der Waals surface area contributed by atoms with Crippen LogP contribution < -0.4 is 0 Å². The van der Waals surface area contributed by atoms with E-state index in [1.807, 2.05) is 86.6 Å². The standard InChI is InChI=1S/C35H26N4O2/c1-20-15-24(28-7-3-5-13-36-28)34(40)26(17-20)30-11-9-22-19-23-10-12-31(39-33(23)32(22)38-30)27-18-21(2)16-25(35(27)41)29-8-4-6-14-37-29/h3-18,40-41H,19H2,1-2H3. The quantitative estimate of drug-likeness (QED) is 0.242. The Kier molecular flexibility index (Phi) is 5.82. The summed E-state index contributed by atoms with van der Waals surface area (Å²) in [4.78, 5) is 18.9. The van der Waals surface area contributed by atoms with Gasteiger partial charge in [0.1, 0.15) is 11.5 Å². The lowest BCUT2D eigenvalue weighted by Crippen LogP contribution is -1.95. The van der Waals surface area contributed by atoms with Crippen molar-refractivity contribution in [1.29, 1.82) is 0 Å². The molecule has 0 fully saturated rings. The lowest BCUT2D eigenvalue weighted by molar-refractivity contribution is 0.478. The number of hydrogen-bond donors (Lipinski definition) is 2. The van der Waals surface area contributed by atoms with E-state index in [1.165, 1.54) is 0 Å². The predicted octanol–water partition coefficient (Wildman–Crippen LogP) is 7.53. The van der Waals surface area contributed by atoms with Gasteiger partial charge in [0.2, 0.25) is 0 Å². The van der Waals surface area contributed by atoms with Crippen molar-refractivity contribution < 1.29 is 10.2 Å². The van der Waals surface area contributed by atoms with Crippen molar-refractivity contribution in [1.82, 2.24) is 19.9 Å². The van der Waals surface area contributed by atoms with Crippen LogP contribution in [0.4, 0.5) is 0 Å². The summed E-state index contributed by atoms with van der Waals surface area (Å²) >= 11 is 0. The summed E-state index contributed by atoms with van der Waals surface area (Å²) in [6.07, 6.45) is 4.16. The van der Waals surface area contributed by atoms with Crippen molar-refractivity contribution in [2.75, 3.05) is 0 Å². The number of pyridine rings is 4. The molecule has 0 aliphatic heterocycles. The van der Waals surface area contributed by atoms with Gasteiger partial charge < -0.3 is 10.2 Å². The van der Waals surface area contributed by atoms with E-state index in [9.17, 15) is 10.2 Å². The first-order valence-corrected chi connectivity index (χ1v) is 13.5. The van der Waals surface area contributed by atoms with Crippen molar-refractivity contribution in [3.63, 3.8) is 0 Å². The third-order valence-corrected chi connectivity index (χ3v) is 7.50. The minimum Gasteiger partial charge on any atom is -0.507 e. The van der Waals surface area contributed by atoms with Gasteiger partial charge in [-0.25, -0.2) is 9.97 Å². The number of nitrogens with zero attached hydrogens (tertiary/aromatic N) is 4. The van der Waals surface area contributed by atoms with Crippen molar-refractivity contribution in [2.24, 2.45) is 0 Å². The van der Waals surface area contributed by atoms with E-state index in [4.69, 9.17) is 9.97 Å². The van der Waals surface area contributed by atoms with E-state index in [0.717, 1.165) is 40.1 Å². The highest BCUT2D eigenvalue weighted by molar-refractivity contribution is 5.84. The van der Waals surface area contributed by atoms with E-state index in [2.05, 4.69) is 22.1 Å². The molecule has 7 rings (SSSR count). The molecule has 41 heavy (non-hydrogen) atoms. The van der Waals surface area contributed by atoms with Gasteiger partial charge >= 0.3 is 0 Å². The molecule has 4 heterocycles. The summed E-state index contributed by atoms with van der Waals surface area (Å²) in [6.45, 7) is 4.00. The molecule has 198 valence electrons. The molecule has 0 atom stereocenters. The van der Waals surface area contributed by atoms with Gasteiger partial charge in [0.05, 0.1) is 34.2 Å². The number of hydrogen-bond acceptors (Lipinski definition) is 6. The van der Waals surface area contributed by atoms with Crippen LogP contribution in [0, 0.1) is 13.8 Å². The van der Waals surface area contributed by atoms with Crippen molar-refractivity contribution in [3.8, 4) is 67.9 Å². The van der Waals surface area contributed by atoms with Gasteiger partial charge in [0.25, 0.3) is 0 Å². The number of aromatic nitrogens is 4. The SMILES string of the molecule is Cc1cc(-c2ccccn2)c(O)c(-c2ccc3c(n2)-c2nc(-c4cc(C)cc(-c5ccccn5)c4O)ccc2C3)c1. The Morgan fingerprint density at radius 3 is 1.32 bits per heavy atom. The summed E-state index contributed by atoms with van der Waals surface area (Å²) in [5.41, 5.74) is 11.1. The van der Waals surface area contributed by atoms with E-state index in [0.29, 0.717) is 45.0 Å². The second-order valence-electron chi connectivity index (χ2n) is 10.4. The largest absolute Gasteiger partial charge is 0.507 e. The van der Waals surface area contributed by atoms with Crippen LogP contribution in [0.3, 0.4) is 0 Å². The molecule has 0 saturated carbocycles. The molecule has 0 radical (unpaired) electrons. The van der Waals surface area contributed by atoms with Crippen LogP contribution in [0.1, 0.15) is 22.3 Å². The second-order valence-corrected chi connectivity index (χ2v) is 10.4. The zero-order valence-corrected chi connectivity index (χ0v) is 22.6. The molecule has 0 saturated heterocycles. The normalized spacial score (nSPS) is 11.8. The first kappa shape index (κ1) is 24.7. The zero-order chi connectivity index (χ0) is 28.1. The number of phenolic OH excluding ortho intramolecular Hbond substituents is 2. The Bertz CT molecular complexity index is 1810. The monoisotopic (exact) mass is 534 g/mol. The van der Waals surface area contributed by atoms with Crippen LogP contribution in [0.15, 0.2) is 97.3 Å². The van der Waals surface area contributed by atoms with E-state index in [-0.39, 0.29) is 11.5 Å². The van der Waals surface area contributed by atoms with Gasteiger partial charge in [0.15, 0.2) is 0 Å². The van der Waals surface area contributed by atoms with Gasteiger partial charge in [-0.2, -0.15) is 0 Å². The molecule has 6 heteroatoms. The fourth-order valence-electron chi connectivity index (χ4n) is 5.56. The Hall–Kier alpha value is -5.36. The smallest absolute Gasteiger partial charge is 0.134 e. The number of benzene rings is 2. The highest BCUT2D eigenvalue weighted by atomic mass is 16.3. The number of phenols is 2. The van der Waals surface area contributed by atoms with Crippen molar-refractivity contribution >= 4 is 0 Å². The number of rotatable bonds is 4. The Morgan fingerprint density at radius 2 is 0.927 bits per heavy atom. The van der Waals surface area contributed by atoms with Gasteiger partial charge in [-0.3, -0.25) is 9.97 Å². The molecule has 1 aliphatic rings. The molecule has 2 N–H and O–H groups in total. The summed E-state index contributed by atoms with van der Waals surface area (Å²) in [5.74, 6) is 0.293. The molecule has 2 aromatic carbocycles. The number of fused-ring (bicyclic) bond motifs is 3. The molecule has 0 amide bonds. The molecule has 6 nitrogen and oxygen atoms in total. The minimum atomic E-state index is 0.147. The average Bonchev–Trinajstić information content (AvgIpc) is 3.37. The van der Waals surface area contributed by atoms with Crippen molar-refractivity contribution in [2.45, 2.75) is 20.3 Å². The lowest BCUT2D eigenvalue weighted by Gasteiger charge is -2.13. The average molecular weight is 535 g/mol. The van der Waals surface area contributed by atoms with E-state index in [1.54, 1.807) is 12.4 Å². The minimum absolute atomic E-state index is 0.147. The molecule has 0 bridgehead atoms. The molecular weight excluding hydrogens is 508 g/mol. The highest BCUT2D eigenvalue weighted by Crippen LogP contribution is 2.43. The van der Waals surface area contributed by atoms with Crippen LogP contribution in [-0.2, 0) is 6.42 Å². The molecule has 4 aromatic heterocycles. The highest BCUT2D eigenvalue weighted by Gasteiger charge is 2.25. The molecular formula is C35H26N4O2. The van der Waals surface area contributed by atoms with Crippen LogP contribution in [-0.4, -0.2) is 30.1 Å². The molecule has 0 unspecified atom stereocenters. The lowest BCUT2D eigenvalue weighted by atomic mass is 9.99. The van der Waals surface area contributed by atoms with Gasteiger partial charge in [-0.1, -0.05) is 24.3 Å². The molecule has 6 aromatic rings. The first-order valence-electron chi connectivity index (χ1n) is 13.5. The maximum atomic E-state index is 11.3. The maximum absolute atomic E-state index is 11.3. The maximum Gasteiger partial charge on any atom is 0.134 e. The predicted molar refractivity (Wildman–Crippen MR) is 160 cm³/mol. The fourth-order valence-corrected chi connectivity index (χ4v) is 5.56. The molecule has 0 spiro atoms. The van der Waals surface area contributed by atoms with Gasteiger partial charge in [-0.05, 0) is 96.8 Å². The van der Waals surface area contributed by atoms with Crippen LogP contribution in [0.2, 0.25) is 0 Å². The third kappa shape index (κ3) is 4.30. The summed E-state index contributed by atoms with van der Waals surface area (Å²) in [6, 6.07) is 27.1. The Morgan fingerprint density at radius 1 is 0.512 bits per heavy atom.